The van der Waals surface area contributed by atoms with Crippen LogP contribution in [0.2, 0.25) is 0 Å². The Kier molecular flexibility index (Phi) is 6.59. The van der Waals surface area contributed by atoms with Gasteiger partial charge < -0.3 is 24.1 Å². The first-order chi connectivity index (χ1) is 12.9. The number of phenols is 1. The lowest BCUT2D eigenvalue weighted by molar-refractivity contribution is -0.0526. The molecular weight excluding hydrogens is 362 g/mol. The van der Waals surface area contributed by atoms with Crippen LogP contribution in [0.4, 0.5) is 8.78 Å². The zero-order valence-corrected chi connectivity index (χ0v) is 14.9. The number of phenolic OH excluding ortho intramolecular Hbond substituents is 1. The molecule has 0 amide bonds. The van der Waals surface area contributed by atoms with Gasteiger partial charge in [-0.15, -0.1) is 0 Å². The number of benzene rings is 2. The molecule has 2 rings (SSSR count). The molecule has 0 heterocycles. The quantitative estimate of drug-likeness (QED) is 0.553. The molecule has 1 N–H and O–H groups in total. The zero-order chi connectivity index (χ0) is 20.0. The van der Waals surface area contributed by atoms with Crippen molar-refractivity contribution in [3.63, 3.8) is 0 Å². The maximum Gasteiger partial charge on any atom is 0.387 e. The molecule has 0 radical (unpaired) electrons. The monoisotopic (exact) mass is 380 g/mol. The lowest BCUT2D eigenvalue weighted by Crippen LogP contribution is -2.05. The molecule has 0 aliphatic carbocycles. The number of carbonyl (C=O) groups excluding carboxylic acids is 1. The highest BCUT2D eigenvalue weighted by atomic mass is 19.3. The Morgan fingerprint density at radius 1 is 1.00 bits per heavy atom. The van der Waals surface area contributed by atoms with Gasteiger partial charge in [-0.25, -0.2) is 0 Å². The van der Waals surface area contributed by atoms with Gasteiger partial charge in [-0.2, -0.15) is 8.78 Å². The van der Waals surface area contributed by atoms with Gasteiger partial charge in [0.25, 0.3) is 0 Å². The fourth-order valence-corrected chi connectivity index (χ4v) is 2.30. The normalized spacial score (nSPS) is 10.9. The Bertz CT molecular complexity index is 823. The molecule has 0 aliphatic heterocycles. The molecule has 0 saturated heterocycles. The van der Waals surface area contributed by atoms with Crippen LogP contribution in [0, 0.1) is 0 Å². The summed E-state index contributed by atoms with van der Waals surface area (Å²) in [5.41, 5.74) is 0.780. The molecule has 0 fully saturated rings. The largest absolute Gasteiger partial charge is 0.504 e. The van der Waals surface area contributed by atoms with Crippen molar-refractivity contribution < 1.29 is 37.6 Å². The summed E-state index contributed by atoms with van der Waals surface area (Å²) in [7, 11) is 3.98. The second-order valence-electron chi connectivity index (χ2n) is 5.22. The molecule has 0 atom stereocenters. The third-order valence-electron chi connectivity index (χ3n) is 3.58. The number of rotatable bonds is 8. The highest BCUT2D eigenvalue weighted by Crippen LogP contribution is 2.39. The topological polar surface area (TPSA) is 74.2 Å². The van der Waals surface area contributed by atoms with Crippen molar-refractivity contribution in [1.29, 1.82) is 0 Å². The van der Waals surface area contributed by atoms with Crippen molar-refractivity contribution in [3.05, 3.63) is 47.5 Å². The van der Waals surface area contributed by atoms with Crippen LogP contribution in [0.25, 0.3) is 6.08 Å². The van der Waals surface area contributed by atoms with Crippen LogP contribution < -0.4 is 18.9 Å². The minimum atomic E-state index is -3.04. The predicted molar refractivity (Wildman–Crippen MR) is 94.2 cm³/mol. The minimum Gasteiger partial charge on any atom is -0.504 e. The molecule has 0 aliphatic rings. The van der Waals surface area contributed by atoms with Crippen LogP contribution >= 0.6 is 0 Å². The van der Waals surface area contributed by atoms with E-state index in [1.807, 2.05) is 0 Å². The molecule has 2 aromatic carbocycles. The Balaban J connectivity index is 2.31. The van der Waals surface area contributed by atoms with Crippen molar-refractivity contribution in [3.8, 4) is 28.7 Å². The van der Waals surface area contributed by atoms with Crippen molar-refractivity contribution >= 4 is 11.9 Å². The number of aromatic hydroxyl groups is 1. The number of carbonyl (C=O) groups is 1. The van der Waals surface area contributed by atoms with Crippen molar-refractivity contribution in [2.45, 2.75) is 6.61 Å². The highest BCUT2D eigenvalue weighted by Gasteiger charge is 2.17. The first-order valence-electron chi connectivity index (χ1n) is 7.69. The van der Waals surface area contributed by atoms with Crippen LogP contribution in [-0.4, -0.2) is 38.8 Å². The number of hydrogen-bond acceptors (Lipinski definition) is 6. The van der Waals surface area contributed by atoms with E-state index in [9.17, 15) is 18.7 Å². The summed E-state index contributed by atoms with van der Waals surface area (Å²) in [4.78, 5) is 12.3. The van der Waals surface area contributed by atoms with E-state index in [1.165, 1.54) is 63.8 Å². The maximum atomic E-state index is 12.6. The Morgan fingerprint density at radius 2 is 1.59 bits per heavy atom. The second kappa shape index (κ2) is 8.88. The van der Waals surface area contributed by atoms with Gasteiger partial charge >= 0.3 is 6.61 Å². The summed E-state index contributed by atoms with van der Waals surface area (Å²) in [5.74, 6) is -0.421. The van der Waals surface area contributed by atoms with E-state index in [4.69, 9.17) is 14.2 Å². The molecule has 0 unspecified atom stereocenters. The number of hydrogen-bond donors (Lipinski definition) is 1. The average molecular weight is 380 g/mol. The van der Waals surface area contributed by atoms with E-state index in [0.29, 0.717) is 11.1 Å². The van der Waals surface area contributed by atoms with E-state index in [1.54, 1.807) is 0 Å². The van der Waals surface area contributed by atoms with Crippen molar-refractivity contribution in [2.24, 2.45) is 0 Å². The average Bonchev–Trinajstić information content (AvgIpc) is 2.66. The van der Waals surface area contributed by atoms with E-state index < -0.39 is 6.61 Å². The third kappa shape index (κ3) is 4.87. The van der Waals surface area contributed by atoms with E-state index in [-0.39, 0.29) is 34.5 Å². The first-order valence-corrected chi connectivity index (χ1v) is 7.69. The summed E-state index contributed by atoms with van der Waals surface area (Å²) in [5, 5.41) is 9.58. The lowest BCUT2D eigenvalue weighted by atomic mass is 10.1. The maximum absolute atomic E-state index is 12.6. The number of ketones is 1. The van der Waals surface area contributed by atoms with Gasteiger partial charge in [0, 0.05) is 5.56 Å². The van der Waals surface area contributed by atoms with Crippen LogP contribution in [0.3, 0.4) is 0 Å². The molecule has 0 bridgehead atoms. The number of alkyl halides is 2. The van der Waals surface area contributed by atoms with Crippen LogP contribution in [0.1, 0.15) is 15.9 Å². The molecule has 6 nitrogen and oxygen atoms in total. The summed E-state index contributed by atoms with van der Waals surface area (Å²) < 4.78 is 44.7. The molecular formula is C19H18F2O6. The molecule has 0 aromatic heterocycles. The summed E-state index contributed by atoms with van der Waals surface area (Å²) in [6, 6.07) is 7.07. The predicted octanol–water partition coefficient (Wildman–Crippen LogP) is 3.92. The smallest absolute Gasteiger partial charge is 0.387 e. The Hall–Kier alpha value is -3.29. The van der Waals surface area contributed by atoms with Gasteiger partial charge in [0.15, 0.2) is 28.8 Å². The highest BCUT2D eigenvalue weighted by molar-refractivity contribution is 6.07. The molecule has 2 aromatic rings. The van der Waals surface area contributed by atoms with Gasteiger partial charge in [-0.05, 0) is 42.0 Å². The van der Waals surface area contributed by atoms with E-state index in [0.717, 1.165) is 0 Å². The minimum absolute atomic E-state index is 0.0352. The number of ether oxygens (including phenoxy) is 4. The van der Waals surface area contributed by atoms with Gasteiger partial charge in [0.2, 0.25) is 5.75 Å². The SMILES string of the molecule is COc1cc(C(=O)/C=C/c2cc(OC)c(OC(F)F)c(OC)c2)ccc1O. The molecule has 0 spiro atoms. The second-order valence-corrected chi connectivity index (χ2v) is 5.22. The van der Waals surface area contributed by atoms with E-state index >= 15 is 0 Å². The van der Waals surface area contributed by atoms with Crippen LogP contribution in [-0.2, 0) is 0 Å². The summed E-state index contributed by atoms with van der Waals surface area (Å²) >= 11 is 0. The van der Waals surface area contributed by atoms with E-state index in [2.05, 4.69) is 4.74 Å². The van der Waals surface area contributed by atoms with Gasteiger partial charge in [-0.3, -0.25) is 4.79 Å². The zero-order valence-electron chi connectivity index (χ0n) is 14.9. The molecule has 27 heavy (non-hydrogen) atoms. The van der Waals surface area contributed by atoms with Gasteiger partial charge in [0.05, 0.1) is 21.3 Å². The standard InChI is InChI=1S/C19H18F2O6/c1-24-15-10-12(5-7-14(15)23)13(22)6-4-11-8-16(25-2)18(27-19(20)21)17(9-11)26-3/h4-10,19,23H,1-3H3/b6-4+. The first kappa shape index (κ1) is 20.0. The van der Waals surface area contributed by atoms with Crippen molar-refractivity contribution in [2.75, 3.05) is 21.3 Å². The third-order valence-corrected chi connectivity index (χ3v) is 3.58. The van der Waals surface area contributed by atoms with Gasteiger partial charge in [-0.1, -0.05) is 6.08 Å². The van der Waals surface area contributed by atoms with Crippen molar-refractivity contribution in [1.82, 2.24) is 0 Å². The number of allylic oxidation sites excluding steroid dienone is 1. The number of methoxy groups -OCH3 is 3. The lowest BCUT2D eigenvalue weighted by Gasteiger charge is -2.14. The molecule has 144 valence electrons. The fraction of sp³-hybridized carbons (Fsp3) is 0.211. The molecule has 0 saturated carbocycles. The van der Waals surface area contributed by atoms with Gasteiger partial charge in [0.1, 0.15) is 0 Å². The summed E-state index contributed by atoms with van der Waals surface area (Å²) in [6.07, 6.45) is 2.76. The Labute approximate surface area is 154 Å². The number of halogens is 2. The van der Waals surface area contributed by atoms with Crippen LogP contribution in [0.5, 0.6) is 28.7 Å². The summed E-state index contributed by atoms with van der Waals surface area (Å²) in [6.45, 7) is -3.04. The molecule has 8 heteroatoms. The Morgan fingerprint density at radius 3 is 2.11 bits per heavy atom. The fourth-order valence-electron chi connectivity index (χ4n) is 2.30. The van der Waals surface area contributed by atoms with Crippen LogP contribution in [0.15, 0.2) is 36.4 Å².